The van der Waals surface area contributed by atoms with Crippen molar-refractivity contribution < 1.29 is 0 Å². The lowest BCUT2D eigenvalue weighted by molar-refractivity contribution is 0.878. The number of aryl methyl sites for hydroxylation is 3. The zero-order valence-corrected chi connectivity index (χ0v) is 14.7. The highest BCUT2D eigenvalue weighted by atomic mass is 79.9. The molecule has 1 N–H and O–H groups in total. The maximum atomic E-state index is 6.23. The van der Waals surface area contributed by atoms with Gasteiger partial charge in [-0.3, -0.25) is 0 Å². The molecule has 0 spiro atoms. The van der Waals surface area contributed by atoms with Crippen molar-refractivity contribution >= 4 is 33.2 Å². The Labute approximate surface area is 139 Å². The second-order valence-electron chi connectivity index (χ2n) is 5.83. The van der Waals surface area contributed by atoms with Gasteiger partial charge in [0.1, 0.15) is 0 Å². The predicted octanol–water partition coefficient (Wildman–Crippen LogP) is 6.07. The summed E-state index contributed by atoms with van der Waals surface area (Å²) in [7, 11) is 0. The lowest BCUT2D eigenvalue weighted by Crippen LogP contribution is -2.08. The van der Waals surface area contributed by atoms with Gasteiger partial charge in [0.15, 0.2) is 0 Å². The van der Waals surface area contributed by atoms with Crippen molar-refractivity contribution in [3.63, 3.8) is 0 Å². The topological polar surface area (TPSA) is 12.0 Å². The molecular formula is C18H19BrClN. The van der Waals surface area contributed by atoms with E-state index in [4.69, 9.17) is 11.6 Å². The van der Waals surface area contributed by atoms with Gasteiger partial charge in [0.2, 0.25) is 0 Å². The average Bonchev–Trinajstić information content (AvgIpc) is 2.92. The van der Waals surface area contributed by atoms with E-state index < -0.39 is 0 Å². The van der Waals surface area contributed by atoms with Gasteiger partial charge >= 0.3 is 0 Å². The number of anilines is 1. The first-order valence-corrected chi connectivity index (χ1v) is 8.55. The molecule has 0 aliphatic heterocycles. The van der Waals surface area contributed by atoms with E-state index in [1.165, 1.54) is 36.0 Å². The average molecular weight is 365 g/mol. The van der Waals surface area contributed by atoms with Crippen LogP contribution >= 0.6 is 27.5 Å². The van der Waals surface area contributed by atoms with Crippen molar-refractivity contribution in [2.24, 2.45) is 0 Å². The second-order valence-corrected chi connectivity index (χ2v) is 7.09. The quantitative estimate of drug-likeness (QED) is 0.696. The summed E-state index contributed by atoms with van der Waals surface area (Å²) in [6.07, 6.45) is 3.74. The van der Waals surface area contributed by atoms with Gasteiger partial charge in [-0.2, -0.15) is 0 Å². The van der Waals surface area contributed by atoms with E-state index in [1.807, 2.05) is 13.0 Å². The zero-order valence-electron chi connectivity index (χ0n) is 12.3. The Morgan fingerprint density at radius 2 is 1.90 bits per heavy atom. The van der Waals surface area contributed by atoms with E-state index in [9.17, 15) is 0 Å². The monoisotopic (exact) mass is 363 g/mol. The van der Waals surface area contributed by atoms with Crippen LogP contribution in [0.25, 0.3) is 0 Å². The van der Waals surface area contributed by atoms with Crippen LogP contribution in [-0.4, -0.2) is 0 Å². The van der Waals surface area contributed by atoms with Gasteiger partial charge in [0.25, 0.3) is 0 Å². The first kappa shape index (κ1) is 14.9. The molecule has 0 amide bonds. The molecule has 0 saturated heterocycles. The van der Waals surface area contributed by atoms with E-state index in [0.29, 0.717) is 0 Å². The van der Waals surface area contributed by atoms with Crippen LogP contribution in [0.2, 0.25) is 5.02 Å². The molecule has 1 atom stereocenters. The number of halogens is 2. The summed E-state index contributed by atoms with van der Waals surface area (Å²) in [6.45, 7) is 4.21. The van der Waals surface area contributed by atoms with Gasteiger partial charge in [0, 0.05) is 15.5 Å². The lowest BCUT2D eigenvalue weighted by Gasteiger charge is -2.18. The minimum atomic E-state index is 0.256. The van der Waals surface area contributed by atoms with E-state index in [1.54, 1.807) is 0 Å². The molecule has 0 bridgehead atoms. The second kappa shape index (κ2) is 6.02. The van der Waals surface area contributed by atoms with Gasteiger partial charge in [-0.25, -0.2) is 0 Å². The summed E-state index contributed by atoms with van der Waals surface area (Å²) in [4.78, 5) is 0. The van der Waals surface area contributed by atoms with Crippen LogP contribution in [-0.2, 0) is 12.8 Å². The number of hydrogen-bond acceptors (Lipinski definition) is 1. The molecule has 1 aliphatic carbocycles. The summed E-state index contributed by atoms with van der Waals surface area (Å²) < 4.78 is 1.05. The Morgan fingerprint density at radius 3 is 2.71 bits per heavy atom. The molecule has 3 rings (SSSR count). The van der Waals surface area contributed by atoms with Crippen molar-refractivity contribution in [2.75, 3.05) is 5.32 Å². The van der Waals surface area contributed by atoms with Crippen molar-refractivity contribution in [3.8, 4) is 0 Å². The number of fused-ring (bicyclic) bond motifs is 1. The number of rotatable bonds is 3. The highest BCUT2D eigenvalue weighted by Gasteiger charge is 2.14. The summed E-state index contributed by atoms with van der Waals surface area (Å²) in [5, 5.41) is 4.35. The number of nitrogens with one attached hydrogen (secondary N) is 1. The van der Waals surface area contributed by atoms with Gasteiger partial charge in [-0.15, -0.1) is 0 Å². The van der Waals surface area contributed by atoms with Crippen LogP contribution in [0, 0.1) is 6.92 Å². The molecule has 2 aromatic carbocycles. The smallest absolute Gasteiger partial charge is 0.0504 e. The number of benzene rings is 2. The molecule has 0 aromatic heterocycles. The van der Waals surface area contributed by atoms with Crippen LogP contribution in [0.5, 0.6) is 0 Å². The van der Waals surface area contributed by atoms with E-state index in [2.05, 4.69) is 52.4 Å². The van der Waals surface area contributed by atoms with Gasteiger partial charge in [0.05, 0.1) is 5.69 Å². The SMILES string of the molecule is Cc1cc(Br)c(NC(C)c2ccc3c(c2)CCC3)cc1Cl. The summed E-state index contributed by atoms with van der Waals surface area (Å²) in [5.74, 6) is 0. The molecule has 0 fully saturated rings. The molecule has 2 aromatic rings. The third-order valence-electron chi connectivity index (χ3n) is 4.24. The summed E-state index contributed by atoms with van der Waals surface area (Å²) in [5.41, 5.74) is 6.49. The molecule has 110 valence electrons. The standard InChI is InChI=1S/C18H19BrClN/c1-11-8-16(19)18(10-17(11)20)21-12(2)14-7-6-13-4-3-5-15(13)9-14/h6-10,12,21H,3-5H2,1-2H3. The Balaban J connectivity index is 1.83. The number of hydrogen-bond donors (Lipinski definition) is 1. The van der Waals surface area contributed by atoms with E-state index >= 15 is 0 Å². The first-order valence-electron chi connectivity index (χ1n) is 7.38. The van der Waals surface area contributed by atoms with Gasteiger partial charge in [-0.05, 0) is 83.4 Å². The molecule has 1 aliphatic rings. The molecule has 0 heterocycles. The fourth-order valence-electron chi connectivity index (χ4n) is 2.93. The Hall–Kier alpha value is -0.990. The Bertz CT molecular complexity index is 681. The van der Waals surface area contributed by atoms with Crippen LogP contribution in [0.15, 0.2) is 34.8 Å². The van der Waals surface area contributed by atoms with E-state index in [0.717, 1.165) is 20.7 Å². The maximum Gasteiger partial charge on any atom is 0.0504 e. The van der Waals surface area contributed by atoms with Crippen LogP contribution in [0.3, 0.4) is 0 Å². The fourth-order valence-corrected chi connectivity index (χ4v) is 3.67. The maximum absolute atomic E-state index is 6.23. The van der Waals surface area contributed by atoms with E-state index in [-0.39, 0.29) is 6.04 Å². The van der Waals surface area contributed by atoms with Crippen LogP contribution < -0.4 is 5.32 Å². The third kappa shape index (κ3) is 3.12. The largest absolute Gasteiger partial charge is 0.378 e. The molecular weight excluding hydrogens is 346 g/mol. The molecule has 1 nitrogen and oxygen atoms in total. The predicted molar refractivity (Wildman–Crippen MR) is 94.4 cm³/mol. The fraction of sp³-hybridized carbons (Fsp3) is 0.333. The molecule has 0 radical (unpaired) electrons. The Morgan fingerprint density at radius 1 is 1.14 bits per heavy atom. The van der Waals surface area contributed by atoms with Crippen molar-refractivity contribution in [2.45, 2.75) is 39.2 Å². The minimum absolute atomic E-state index is 0.256. The minimum Gasteiger partial charge on any atom is -0.378 e. The summed E-state index contributed by atoms with van der Waals surface area (Å²) in [6, 6.07) is 11.2. The normalized spacial score (nSPS) is 14.9. The van der Waals surface area contributed by atoms with Crippen molar-refractivity contribution in [1.82, 2.24) is 0 Å². The van der Waals surface area contributed by atoms with Gasteiger partial charge in [-0.1, -0.05) is 29.8 Å². The molecule has 3 heteroatoms. The third-order valence-corrected chi connectivity index (χ3v) is 5.31. The highest BCUT2D eigenvalue weighted by Crippen LogP contribution is 2.32. The van der Waals surface area contributed by atoms with Crippen molar-refractivity contribution in [1.29, 1.82) is 0 Å². The van der Waals surface area contributed by atoms with Crippen molar-refractivity contribution in [3.05, 3.63) is 62.1 Å². The highest BCUT2D eigenvalue weighted by molar-refractivity contribution is 9.10. The lowest BCUT2D eigenvalue weighted by atomic mass is 10.0. The van der Waals surface area contributed by atoms with Crippen LogP contribution in [0.1, 0.15) is 41.6 Å². The van der Waals surface area contributed by atoms with Crippen LogP contribution in [0.4, 0.5) is 5.69 Å². The zero-order chi connectivity index (χ0) is 15.0. The van der Waals surface area contributed by atoms with Gasteiger partial charge < -0.3 is 5.32 Å². The first-order chi connectivity index (χ1) is 10.0. The molecule has 0 saturated carbocycles. The Kier molecular flexibility index (Phi) is 4.28. The molecule has 21 heavy (non-hydrogen) atoms. The summed E-state index contributed by atoms with van der Waals surface area (Å²) >= 11 is 9.84. The molecule has 1 unspecified atom stereocenters.